The highest BCUT2D eigenvalue weighted by molar-refractivity contribution is 9.10. The average Bonchev–Trinajstić information content (AvgIpc) is 2.30. The molecule has 0 atom stereocenters. The molecule has 0 aliphatic carbocycles. The molecule has 0 bridgehead atoms. The van der Waals surface area contributed by atoms with Crippen molar-refractivity contribution >= 4 is 21.6 Å². The molecule has 5 heteroatoms. The molecule has 0 fully saturated rings. The van der Waals surface area contributed by atoms with E-state index in [1.165, 1.54) is 0 Å². The van der Waals surface area contributed by atoms with Crippen LogP contribution in [0.5, 0.6) is 0 Å². The van der Waals surface area contributed by atoms with Gasteiger partial charge >= 0.3 is 0 Å². The molecule has 0 spiro atoms. The van der Waals surface area contributed by atoms with E-state index in [1.807, 2.05) is 6.07 Å². The molecule has 0 amide bonds. The van der Waals surface area contributed by atoms with Crippen molar-refractivity contribution in [2.45, 2.75) is 6.54 Å². The molecule has 1 aromatic heterocycles. The van der Waals surface area contributed by atoms with Gasteiger partial charge < -0.3 is 5.32 Å². The van der Waals surface area contributed by atoms with Gasteiger partial charge in [-0.3, -0.25) is 4.98 Å². The Hall–Kier alpha value is -1.49. The fourth-order valence-corrected chi connectivity index (χ4v) is 1.80. The lowest BCUT2D eigenvalue weighted by Crippen LogP contribution is -2.02. The van der Waals surface area contributed by atoms with Gasteiger partial charge in [-0.25, -0.2) is 8.78 Å². The van der Waals surface area contributed by atoms with Crippen molar-refractivity contribution in [3.8, 4) is 0 Å². The maximum absolute atomic E-state index is 13.3. The molecule has 0 unspecified atom stereocenters. The summed E-state index contributed by atoms with van der Waals surface area (Å²) in [5, 5.41) is 2.82. The third kappa shape index (κ3) is 3.23. The summed E-state index contributed by atoms with van der Waals surface area (Å²) >= 11 is 3.29. The quantitative estimate of drug-likeness (QED) is 0.934. The summed E-state index contributed by atoms with van der Waals surface area (Å²) in [4.78, 5) is 3.98. The molecule has 17 heavy (non-hydrogen) atoms. The maximum Gasteiger partial charge on any atom is 0.146 e. The number of pyridine rings is 1. The first-order valence-electron chi connectivity index (χ1n) is 4.93. The third-order valence-corrected chi connectivity index (χ3v) is 2.61. The highest BCUT2D eigenvalue weighted by atomic mass is 79.9. The van der Waals surface area contributed by atoms with Crippen LogP contribution in [0.1, 0.15) is 5.56 Å². The van der Waals surface area contributed by atoms with Crippen molar-refractivity contribution in [2.75, 3.05) is 5.32 Å². The molecular formula is C12H9BrF2N2. The topological polar surface area (TPSA) is 24.9 Å². The van der Waals surface area contributed by atoms with Gasteiger partial charge in [-0.05, 0) is 45.8 Å². The van der Waals surface area contributed by atoms with E-state index >= 15 is 0 Å². The molecule has 88 valence electrons. The molecule has 2 aromatic rings. The van der Waals surface area contributed by atoms with Crippen LogP contribution in [0.15, 0.2) is 41.1 Å². The van der Waals surface area contributed by atoms with Gasteiger partial charge in [0.2, 0.25) is 0 Å². The third-order valence-electron chi connectivity index (χ3n) is 2.17. The second-order valence-electron chi connectivity index (χ2n) is 3.49. The largest absolute Gasteiger partial charge is 0.378 e. The van der Waals surface area contributed by atoms with E-state index < -0.39 is 11.6 Å². The molecule has 2 nitrogen and oxygen atoms in total. The van der Waals surface area contributed by atoms with Gasteiger partial charge in [0.1, 0.15) is 11.6 Å². The summed E-state index contributed by atoms with van der Waals surface area (Å²) in [5.41, 5.74) is 1.02. The zero-order valence-corrected chi connectivity index (χ0v) is 10.3. The first-order chi connectivity index (χ1) is 8.15. The summed E-state index contributed by atoms with van der Waals surface area (Å²) in [7, 11) is 0. The maximum atomic E-state index is 13.3. The van der Waals surface area contributed by atoms with Crippen LogP contribution in [-0.2, 0) is 6.54 Å². The summed E-state index contributed by atoms with van der Waals surface area (Å²) in [5.74, 6) is -0.948. The van der Waals surface area contributed by atoms with Crippen LogP contribution in [0.3, 0.4) is 0 Å². The Morgan fingerprint density at radius 3 is 2.76 bits per heavy atom. The molecule has 1 heterocycles. The predicted molar refractivity (Wildman–Crippen MR) is 65.6 cm³/mol. The summed E-state index contributed by atoms with van der Waals surface area (Å²) in [6.45, 7) is 0.382. The van der Waals surface area contributed by atoms with Crippen molar-refractivity contribution in [3.05, 3.63) is 58.3 Å². The molecule has 0 radical (unpaired) electrons. The van der Waals surface area contributed by atoms with Gasteiger partial charge in [0.05, 0.1) is 5.69 Å². The summed E-state index contributed by atoms with van der Waals surface area (Å²) in [6.07, 6.45) is 3.32. The number of aromatic nitrogens is 1. The first kappa shape index (κ1) is 12.0. The minimum absolute atomic E-state index is 0.143. The zero-order chi connectivity index (χ0) is 12.3. The van der Waals surface area contributed by atoms with E-state index in [-0.39, 0.29) is 5.69 Å². The average molecular weight is 299 g/mol. The minimum Gasteiger partial charge on any atom is -0.378 e. The molecule has 0 aliphatic heterocycles. The zero-order valence-electron chi connectivity index (χ0n) is 8.75. The molecule has 1 aromatic carbocycles. The van der Waals surface area contributed by atoms with E-state index in [4.69, 9.17) is 0 Å². The number of nitrogens with one attached hydrogen (secondary N) is 1. The van der Waals surface area contributed by atoms with Crippen molar-refractivity contribution in [1.29, 1.82) is 0 Å². The molecule has 2 rings (SSSR count). The van der Waals surface area contributed by atoms with Crippen molar-refractivity contribution < 1.29 is 8.78 Å². The number of hydrogen-bond acceptors (Lipinski definition) is 2. The Balaban J connectivity index is 2.09. The SMILES string of the molecule is Fc1ccc(F)c(NCc2cncc(Br)c2)c1. The summed E-state index contributed by atoms with van der Waals surface area (Å²) in [6, 6.07) is 5.16. The van der Waals surface area contributed by atoms with Crippen molar-refractivity contribution in [1.82, 2.24) is 4.98 Å². The Bertz CT molecular complexity index is 532. The standard InChI is InChI=1S/C12H9BrF2N2/c13-9-3-8(5-16-7-9)6-17-12-4-10(14)1-2-11(12)15/h1-5,7,17H,6H2. The van der Waals surface area contributed by atoms with E-state index in [0.717, 1.165) is 28.2 Å². The van der Waals surface area contributed by atoms with Crippen LogP contribution in [0.25, 0.3) is 0 Å². The lowest BCUT2D eigenvalue weighted by molar-refractivity contribution is 0.602. The number of rotatable bonds is 3. The highest BCUT2D eigenvalue weighted by Crippen LogP contribution is 2.17. The second-order valence-corrected chi connectivity index (χ2v) is 4.40. The number of benzene rings is 1. The number of anilines is 1. The minimum atomic E-state index is -0.477. The van der Waals surface area contributed by atoms with Gasteiger partial charge in [-0.2, -0.15) is 0 Å². The van der Waals surface area contributed by atoms with Gasteiger partial charge in [0, 0.05) is 23.4 Å². The molecule has 0 aliphatic rings. The van der Waals surface area contributed by atoms with Crippen LogP contribution in [0.2, 0.25) is 0 Å². The lowest BCUT2D eigenvalue weighted by atomic mass is 10.2. The Morgan fingerprint density at radius 2 is 2.00 bits per heavy atom. The van der Waals surface area contributed by atoms with E-state index in [0.29, 0.717) is 6.54 Å². The summed E-state index contributed by atoms with van der Waals surface area (Å²) < 4.78 is 27.1. The van der Waals surface area contributed by atoms with Crippen LogP contribution in [0, 0.1) is 11.6 Å². The lowest BCUT2D eigenvalue weighted by Gasteiger charge is -2.07. The molecule has 1 N–H and O–H groups in total. The van der Waals surface area contributed by atoms with E-state index in [1.54, 1.807) is 12.4 Å². The highest BCUT2D eigenvalue weighted by Gasteiger charge is 2.03. The fraction of sp³-hybridized carbons (Fsp3) is 0.0833. The number of hydrogen-bond donors (Lipinski definition) is 1. The normalized spacial score (nSPS) is 10.3. The van der Waals surface area contributed by atoms with Crippen LogP contribution < -0.4 is 5.32 Å². The van der Waals surface area contributed by atoms with Crippen LogP contribution in [0.4, 0.5) is 14.5 Å². The number of halogens is 3. The Kier molecular flexibility index (Phi) is 3.68. The van der Waals surface area contributed by atoms with Crippen molar-refractivity contribution in [2.24, 2.45) is 0 Å². The monoisotopic (exact) mass is 298 g/mol. The second kappa shape index (κ2) is 5.23. The van der Waals surface area contributed by atoms with E-state index in [9.17, 15) is 8.78 Å². The molecule has 0 saturated carbocycles. The first-order valence-corrected chi connectivity index (χ1v) is 5.73. The number of nitrogens with zero attached hydrogens (tertiary/aromatic N) is 1. The van der Waals surface area contributed by atoms with Gasteiger partial charge in [-0.15, -0.1) is 0 Å². The Labute approximate surface area is 106 Å². The predicted octanol–water partition coefficient (Wildman–Crippen LogP) is 3.73. The Morgan fingerprint density at radius 1 is 1.18 bits per heavy atom. The molecular weight excluding hydrogens is 290 g/mol. The fourth-order valence-electron chi connectivity index (χ4n) is 1.38. The van der Waals surface area contributed by atoms with Crippen LogP contribution >= 0.6 is 15.9 Å². The van der Waals surface area contributed by atoms with Crippen molar-refractivity contribution in [3.63, 3.8) is 0 Å². The van der Waals surface area contributed by atoms with Gasteiger partial charge in [0.15, 0.2) is 0 Å². The van der Waals surface area contributed by atoms with E-state index in [2.05, 4.69) is 26.2 Å². The smallest absolute Gasteiger partial charge is 0.146 e. The van der Waals surface area contributed by atoms with Gasteiger partial charge in [-0.1, -0.05) is 0 Å². The molecule has 0 saturated heterocycles. The van der Waals surface area contributed by atoms with Gasteiger partial charge in [0.25, 0.3) is 0 Å². The van der Waals surface area contributed by atoms with Crippen LogP contribution in [-0.4, -0.2) is 4.98 Å².